The highest BCUT2D eigenvalue weighted by molar-refractivity contribution is 9.11. The van der Waals surface area contributed by atoms with E-state index in [0.29, 0.717) is 15.7 Å². The van der Waals surface area contributed by atoms with Gasteiger partial charge in [-0.2, -0.15) is 0 Å². The van der Waals surface area contributed by atoms with Crippen LogP contribution >= 0.6 is 43.5 Å². The van der Waals surface area contributed by atoms with Crippen LogP contribution < -0.4 is 5.32 Å². The average Bonchev–Trinajstić information content (AvgIpc) is 2.40. The van der Waals surface area contributed by atoms with E-state index in [1.807, 2.05) is 0 Å². The summed E-state index contributed by atoms with van der Waals surface area (Å²) in [6.45, 7) is 0. The van der Waals surface area contributed by atoms with Gasteiger partial charge in [-0.15, -0.1) is 0 Å². The predicted octanol–water partition coefficient (Wildman–Crippen LogP) is 4.82. The summed E-state index contributed by atoms with van der Waals surface area (Å²) >= 11 is 12.4. The van der Waals surface area contributed by atoms with Gasteiger partial charge in [0.1, 0.15) is 0 Å². The van der Waals surface area contributed by atoms with Crippen molar-refractivity contribution in [2.24, 2.45) is 0 Å². The van der Waals surface area contributed by atoms with Crippen molar-refractivity contribution in [1.82, 2.24) is 0 Å². The molecule has 0 aromatic heterocycles. The molecule has 1 amide bonds. The van der Waals surface area contributed by atoms with Gasteiger partial charge in [-0.3, -0.25) is 4.79 Å². The third kappa shape index (κ3) is 4.06. The molecule has 21 heavy (non-hydrogen) atoms. The molecule has 0 spiro atoms. The van der Waals surface area contributed by atoms with E-state index in [-0.39, 0.29) is 16.5 Å². The Bertz CT molecular complexity index is 734. The summed E-state index contributed by atoms with van der Waals surface area (Å²) in [5.74, 6) is -1.49. The van der Waals surface area contributed by atoms with Gasteiger partial charge in [0.05, 0.1) is 11.1 Å². The fourth-order valence-electron chi connectivity index (χ4n) is 1.66. The molecule has 0 aliphatic rings. The lowest BCUT2D eigenvalue weighted by Crippen LogP contribution is -2.13. The minimum atomic E-state index is -1.11. The lowest BCUT2D eigenvalue weighted by atomic mass is 10.1. The van der Waals surface area contributed by atoms with E-state index in [2.05, 4.69) is 37.2 Å². The van der Waals surface area contributed by atoms with Crippen molar-refractivity contribution in [3.8, 4) is 0 Å². The lowest BCUT2D eigenvalue weighted by molar-refractivity contribution is 0.0696. The highest BCUT2D eigenvalue weighted by Gasteiger charge is 2.13. The van der Waals surface area contributed by atoms with Gasteiger partial charge < -0.3 is 10.4 Å². The fourth-order valence-corrected chi connectivity index (χ4v) is 2.68. The number of amides is 1. The molecule has 0 radical (unpaired) electrons. The van der Waals surface area contributed by atoms with Gasteiger partial charge in [0.15, 0.2) is 0 Å². The number of nitrogens with one attached hydrogen (secondary N) is 1. The zero-order valence-electron chi connectivity index (χ0n) is 10.4. The molecule has 7 heteroatoms. The monoisotopic (exact) mass is 431 g/mol. The number of carbonyl (C=O) groups excluding carboxylic acids is 1. The van der Waals surface area contributed by atoms with Crippen LogP contribution in [0.3, 0.4) is 0 Å². The molecule has 2 N–H and O–H groups in total. The second-order valence-corrected chi connectivity index (χ2v) is 6.32. The third-order valence-corrected chi connectivity index (χ3v) is 3.98. The van der Waals surface area contributed by atoms with Crippen molar-refractivity contribution in [1.29, 1.82) is 0 Å². The number of benzene rings is 2. The van der Waals surface area contributed by atoms with Crippen molar-refractivity contribution >= 4 is 61.0 Å². The first-order valence-corrected chi connectivity index (χ1v) is 7.63. The smallest absolute Gasteiger partial charge is 0.335 e. The first-order chi connectivity index (χ1) is 9.86. The summed E-state index contributed by atoms with van der Waals surface area (Å²) in [5, 5.41) is 11.8. The molecular weight excluding hydrogens is 425 g/mol. The molecule has 0 aliphatic heterocycles. The Labute approximate surface area is 142 Å². The first kappa shape index (κ1) is 16.0. The Hall–Kier alpha value is -1.37. The van der Waals surface area contributed by atoms with Crippen molar-refractivity contribution in [2.45, 2.75) is 0 Å². The molecule has 0 aliphatic carbocycles. The average molecular weight is 433 g/mol. The minimum Gasteiger partial charge on any atom is -0.478 e. The Morgan fingerprint density at radius 2 is 1.81 bits per heavy atom. The Morgan fingerprint density at radius 1 is 1.10 bits per heavy atom. The first-order valence-electron chi connectivity index (χ1n) is 5.67. The number of carboxylic acid groups (broad SMARTS) is 1. The molecule has 0 atom stereocenters. The number of carboxylic acids is 1. The van der Waals surface area contributed by atoms with Crippen molar-refractivity contribution < 1.29 is 14.7 Å². The van der Waals surface area contributed by atoms with Gasteiger partial charge in [0.2, 0.25) is 0 Å². The van der Waals surface area contributed by atoms with Crippen LogP contribution in [0.4, 0.5) is 5.69 Å². The molecule has 0 heterocycles. The van der Waals surface area contributed by atoms with Crippen molar-refractivity contribution in [3.63, 3.8) is 0 Å². The van der Waals surface area contributed by atoms with Crippen LogP contribution in [-0.4, -0.2) is 17.0 Å². The van der Waals surface area contributed by atoms with E-state index in [0.717, 1.165) is 4.47 Å². The van der Waals surface area contributed by atoms with Gasteiger partial charge in [-0.05, 0) is 52.3 Å². The second kappa shape index (κ2) is 6.60. The molecule has 0 fully saturated rings. The number of hydrogen-bond acceptors (Lipinski definition) is 2. The second-order valence-electron chi connectivity index (χ2n) is 4.11. The Balaban J connectivity index is 2.31. The van der Waals surface area contributed by atoms with E-state index in [9.17, 15) is 9.59 Å². The van der Waals surface area contributed by atoms with Gasteiger partial charge in [-0.1, -0.05) is 27.5 Å². The lowest BCUT2D eigenvalue weighted by Gasteiger charge is -2.09. The quantitative estimate of drug-likeness (QED) is 0.730. The number of anilines is 1. The summed E-state index contributed by atoms with van der Waals surface area (Å²) in [6, 6.07) is 9.33. The molecule has 108 valence electrons. The van der Waals surface area contributed by atoms with Crippen LogP contribution in [0.25, 0.3) is 0 Å². The maximum atomic E-state index is 12.2. The minimum absolute atomic E-state index is 0.00566. The van der Waals surface area contributed by atoms with E-state index in [4.69, 9.17) is 16.7 Å². The number of carbonyl (C=O) groups is 2. The zero-order chi connectivity index (χ0) is 15.6. The van der Waals surface area contributed by atoms with Crippen LogP contribution in [-0.2, 0) is 0 Å². The van der Waals surface area contributed by atoms with Crippen LogP contribution in [0.1, 0.15) is 20.7 Å². The Kier molecular flexibility index (Phi) is 5.03. The number of hydrogen-bond donors (Lipinski definition) is 2. The highest BCUT2D eigenvalue weighted by atomic mass is 79.9. The fraction of sp³-hybridized carbons (Fsp3) is 0. The summed E-state index contributed by atoms with van der Waals surface area (Å²) in [5.41, 5.74) is 0.740. The topological polar surface area (TPSA) is 66.4 Å². The van der Waals surface area contributed by atoms with Crippen molar-refractivity contribution in [2.75, 3.05) is 5.32 Å². The SMILES string of the molecule is O=C(O)c1cc(Cl)cc(NC(=O)c2cc(Br)ccc2Br)c1. The van der Waals surface area contributed by atoms with Crippen LogP contribution in [0.15, 0.2) is 45.3 Å². The standard InChI is InChI=1S/C14H8Br2ClNO3/c15-8-1-2-12(16)11(5-8)13(19)18-10-4-7(14(20)21)3-9(17)6-10/h1-6H,(H,18,19)(H,20,21). The molecule has 0 saturated carbocycles. The normalized spacial score (nSPS) is 10.2. The van der Waals surface area contributed by atoms with Gasteiger partial charge in [0, 0.05) is 19.7 Å². The predicted molar refractivity (Wildman–Crippen MR) is 88.2 cm³/mol. The summed E-state index contributed by atoms with van der Waals surface area (Å²) in [4.78, 5) is 23.2. The number of halogens is 3. The van der Waals surface area contributed by atoms with E-state index in [1.54, 1.807) is 18.2 Å². The molecule has 0 bridgehead atoms. The molecule has 2 aromatic carbocycles. The van der Waals surface area contributed by atoms with Crippen LogP contribution in [0.2, 0.25) is 5.02 Å². The summed E-state index contributed by atoms with van der Waals surface area (Å²) in [6.07, 6.45) is 0. The summed E-state index contributed by atoms with van der Waals surface area (Å²) < 4.78 is 1.39. The third-order valence-electron chi connectivity index (χ3n) is 2.58. The van der Waals surface area contributed by atoms with E-state index < -0.39 is 5.97 Å². The molecular formula is C14H8Br2ClNO3. The maximum absolute atomic E-state index is 12.2. The molecule has 2 aromatic rings. The van der Waals surface area contributed by atoms with E-state index >= 15 is 0 Å². The molecule has 0 unspecified atom stereocenters. The van der Waals surface area contributed by atoms with Gasteiger partial charge in [0.25, 0.3) is 5.91 Å². The maximum Gasteiger partial charge on any atom is 0.335 e. The number of rotatable bonds is 3. The van der Waals surface area contributed by atoms with E-state index in [1.165, 1.54) is 18.2 Å². The molecule has 2 rings (SSSR count). The van der Waals surface area contributed by atoms with Gasteiger partial charge >= 0.3 is 5.97 Å². The largest absolute Gasteiger partial charge is 0.478 e. The molecule has 0 saturated heterocycles. The van der Waals surface area contributed by atoms with Crippen LogP contribution in [0, 0.1) is 0 Å². The van der Waals surface area contributed by atoms with Crippen LogP contribution in [0.5, 0.6) is 0 Å². The summed E-state index contributed by atoms with van der Waals surface area (Å²) in [7, 11) is 0. The Morgan fingerprint density at radius 3 is 2.48 bits per heavy atom. The van der Waals surface area contributed by atoms with Gasteiger partial charge in [-0.25, -0.2) is 4.79 Å². The van der Waals surface area contributed by atoms with Crippen molar-refractivity contribution in [3.05, 3.63) is 61.5 Å². The molecule has 4 nitrogen and oxygen atoms in total. The zero-order valence-corrected chi connectivity index (χ0v) is 14.3. The number of aromatic carboxylic acids is 1. The highest BCUT2D eigenvalue weighted by Crippen LogP contribution is 2.24.